The van der Waals surface area contributed by atoms with E-state index in [-0.39, 0.29) is 11.4 Å². The van der Waals surface area contributed by atoms with Gasteiger partial charge in [0, 0.05) is 26.1 Å². The minimum atomic E-state index is -3.57. The van der Waals surface area contributed by atoms with Crippen LogP contribution in [0.3, 0.4) is 0 Å². The van der Waals surface area contributed by atoms with Crippen molar-refractivity contribution in [3.63, 3.8) is 0 Å². The summed E-state index contributed by atoms with van der Waals surface area (Å²) in [5.41, 5.74) is 6.10. The molecule has 1 aromatic carbocycles. The fourth-order valence-corrected chi connectivity index (χ4v) is 5.04. The largest absolute Gasteiger partial charge is 0.399 e. The first-order valence-corrected chi connectivity index (χ1v) is 9.11. The monoisotopic (exact) mass is 424 g/mol. The molecule has 0 aliphatic heterocycles. The van der Waals surface area contributed by atoms with Crippen molar-refractivity contribution in [2.45, 2.75) is 11.4 Å². The summed E-state index contributed by atoms with van der Waals surface area (Å²) in [6, 6.07) is 6.48. The number of nitrogens with two attached hydrogens (primary N) is 1. The Kier molecular flexibility index (Phi) is 4.67. The summed E-state index contributed by atoms with van der Waals surface area (Å²) in [7, 11) is -3.57. The molecule has 0 saturated carbocycles. The van der Waals surface area contributed by atoms with Crippen LogP contribution in [-0.2, 0) is 16.6 Å². The Morgan fingerprint density at radius 1 is 1.21 bits per heavy atom. The van der Waals surface area contributed by atoms with E-state index in [1.807, 2.05) is 11.4 Å². The predicted molar refractivity (Wildman–Crippen MR) is 84.6 cm³/mol. The maximum atomic E-state index is 12.2. The summed E-state index contributed by atoms with van der Waals surface area (Å²) in [6.45, 7) is 0.247. The number of nitrogen functional groups attached to an aromatic ring is 1. The SMILES string of the molecule is Nc1ccc(S(=O)(=O)NCc2sccc2Br)c(Br)c1. The zero-order chi connectivity index (χ0) is 14.0. The summed E-state index contributed by atoms with van der Waals surface area (Å²) in [6.07, 6.45) is 0. The Labute approximate surface area is 132 Å². The normalized spacial score (nSPS) is 11.7. The molecule has 0 spiro atoms. The van der Waals surface area contributed by atoms with Gasteiger partial charge in [0.2, 0.25) is 10.0 Å². The van der Waals surface area contributed by atoms with Gasteiger partial charge in [-0.25, -0.2) is 13.1 Å². The first-order valence-electron chi connectivity index (χ1n) is 5.17. The van der Waals surface area contributed by atoms with Crippen LogP contribution >= 0.6 is 43.2 Å². The highest BCUT2D eigenvalue weighted by Gasteiger charge is 2.18. The molecule has 3 N–H and O–H groups in total. The summed E-state index contributed by atoms with van der Waals surface area (Å²) in [4.78, 5) is 1.10. The molecule has 0 fully saturated rings. The number of benzene rings is 1. The molecule has 0 unspecified atom stereocenters. The lowest BCUT2D eigenvalue weighted by Gasteiger charge is -2.08. The van der Waals surface area contributed by atoms with Crippen LogP contribution in [0.2, 0.25) is 0 Å². The van der Waals surface area contributed by atoms with Crippen LogP contribution in [0.25, 0.3) is 0 Å². The van der Waals surface area contributed by atoms with Gasteiger partial charge in [-0.3, -0.25) is 0 Å². The van der Waals surface area contributed by atoms with Crippen molar-refractivity contribution in [3.05, 3.63) is 43.5 Å². The van der Waals surface area contributed by atoms with E-state index in [9.17, 15) is 8.42 Å². The van der Waals surface area contributed by atoms with Gasteiger partial charge in [-0.15, -0.1) is 11.3 Å². The van der Waals surface area contributed by atoms with Crippen LogP contribution in [0.5, 0.6) is 0 Å². The van der Waals surface area contributed by atoms with Crippen LogP contribution in [0.4, 0.5) is 5.69 Å². The molecular formula is C11H10Br2N2O2S2. The molecule has 0 atom stereocenters. The second-order valence-electron chi connectivity index (χ2n) is 3.71. The number of sulfonamides is 1. The fraction of sp³-hybridized carbons (Fsp3) is 0.0909. The van der Waals surface area contributed by atoms with Crippen molar-refractivity contribution < 1.29 is 8.42 Å². The maximum absolute atomic E-state index is 12.2. The number of thiophene rings is 1. The highest BCUT2D eigenvalue weighted by Crippen LogP contribution is 2.26. The lowest BCUT2D eigenvalue weighted by molar-refractivity contribution is 0.581. The number of halogens is 2. The molecule has 0 aliphatic rings. The summed E-state index contributed by atoms with van der Waals surface area (Å²) >= 11 is 8.06. The van der Waals surface area contributed by atoms with Gasteiger partial charge in [0.05, 0.1) is 4.90 Å². The minimum absolute atomic E-state index is 0.175. The highest BCUT2D eigenvalue weighted by molar-refractivity contribution is 9.10. The van der Waals surface area contributed by atoms with Gasteiger partial charge in [0.15, 0.2) is 0 Å². The lowest BCUT2D eigenvalue weighted by atomic mass is 10.3. The number of hydrogen-bond acceptors (Lipinski definition) is 4. The van der Waals surface area contributed by atoms with E-state index < -0.39 is 10.0 Å². The molecule has 0 bridgehead atoms. The van der Waals surface area contributed by atoms with Gasteiger partial charge in [-0.05, 0) is 61.5 Å². The fourth-order valence-electron chi connectivity index (χ4n) is 1.42. The second-order valence-corrected chi connectivity index (χ2v) is 8.15. The molecular weight excluding hydrogens is 416 g/mol. The Balaban J connectivity index is 2.21. The first-order chi connectivity index (χ1) is 8.90. The number of hydrogen-bond donors (Lipinski definition) is 2. The third-order valence-electron chi connectivity index (χ3n) is 2.36. The van der Waals surface area contributed by atoms with Crippen LogP contribution in [0.15, 0.2) is 43.5 Å². The van der Waals surface area contributed by atoms with Crippen LogP contribution < -0.4 is 10.5 Å². The molecule has 0 amide bonds. The van der Waals surface area contributed by atoms with E-state index in [1.165, 1.54) is 17.4 Å². The molecule has 102 valence electrons. The minimum Gasteiger partial charge on any atom is -0.399 e. The highest BCUT2D eigenvalue weighted by atomic mass is 79.9. The molecule has 1 heterocycles. The van der Waals surface area contributed by atoms with Gasteiger partial charge >= 0.3 is 0 Å². The third kappa shape index (κ3) is 3.57. The van der Waals surface area contributed by atoms with E-state index >= 15 is 0 Å². The quantitative estimate of drug-likeness (QED) is 0.737. The van der Waals surface area contributed by atoms with Gasteiger partial charge in [0.25, 0.3) is 0 Å². The molecule has 0 saturated heterocycles. The maximum Gasteiger partial charge on any atom is 0.242 e. The summed E-state index contributed by atoms with van der Waals surface area (Å²) < 4.78 is 28.3. The van der Waals surface area contributed by atoms with Crippen LogP contribution in [0.1, 0.15) is 4.88 Å². The number of nitrogens with one attached hydrogen (secondary N) is 1. The van der Waals surface area contributed by atoms with Gasteiger partial charge in [0.1, 0.15) is 0 Å². The molecule has 19 heavy (non-hydrogen) atoms. The van der Waals surface area contributed by atoms with E-state index in [2.05, 4.69) is 36.6 Å². The molecule has 8 heteroatoms. The van der Waals surface area contributed by atoms with E-state index in [4.69, 9.17) is 5.73 Å². The van der Waals surface area contributed by atoms with Crippen LogP contribution in [-0.4, -0.2) is 8.42 Å². The summed E-state index contributed by atoms with van der Waals surface area (Å²) in [5.74, 6) is 0. The zero-order valence-electron chi connectivity index (χ0n) is 9.56. The molecule has 4 nitrogen and oxygen atoms in total. The number of rotatable bonds is 4. The van der Waals surface area contributed by atoms with Gasteiger partial charge < -0.3 is 5.73 Å². The second kappa shape index (κ2) is 5.92. The topological polar surface area (TPSA) is 72.2 Å². The van der Waals surface area contributed by atoms with Crippen molar-refractivity contribution in [2.24, 2.45) is 0 Å². The molecule has 0 aliphatic carbocycles. The predicted octanol–water partition coefficient (Wildman–Crippen LogP) is 3.33. The van der Waals surface area contributed by atoms with E-state index in [0.717, 1.165) is 9.35 Å². The van der Waals surface area contributed by atoms with Crippen LogP contribution in [0, 0.1) is 0 Å². The molecule has 1 aromatic heterocycles. The summed E-state index contributed by atoms with van der Waals surface area (Å²) in [5, 5.41) is 1.90. The molecule has 2 rings (SSSR count). The standard InChI is InChI=1S/C11H10Br2N2O2S2/c12-8-3-4-18-10(8)6-15-19(16,17)11-2-1-7(14)5-9(11)13/h1-5,15H,6,14H2. The van der Waals surface area contributed by atoms with Crippen molar-refractivity contribution in [1.82, 2.24) is 4.72 Å². The van der Waals surface area contributed by atoms with Crippen molar-refractivity contribution >= 4 is 58.9 Å². The lowest BCUT2D eigenvalue weighted by Crippen LogP contribution is -2.23. The average Bonchev–Trinajstić information content (AvgIpc) is 2.72. The molecule has 2 aromatic rings. The van der Waals surface area contributed by atoms with E-state index in [0.29, 0.717) is 10.2 Å². The Hall–Kier alpha value is -0.410. The van der Waals surface area contributed by atoms with Crippen molar-refractivity contribution in [3.8, 4) is 0 Å². The smallest absolute Gasteiger partial charge is 0.242 e. The Morgan fingerprint density at radius 3 is 2.53 bits per heavy atom. The zero-order valence-corrected chi connectivity index (χ0v) is 14.4. The Morgan fingerprint density at radius 2 is 1.95 bits per heavy atom. The van der Waals surface area contributed by atoms with Crippen molar-refractivity contribution in [1.29, 1.82) is 0 Å². The van der Waals surface area contributed by atoms with Gasteiger partial charge in [-0.2, -0.15) is 0 Å². The van der Waals surface area contributed by atoms with Gasteiger partial charge in [-0.1, -0.05) is 0 Å². The Bertz CT molecular complexity index is 698. The van der Waals surface area contributed by atoms with E-state index in [1.54, 1.807) is 12.1 Å². The average molecular weight is 426 g/mol. The number of anilines is 1. The third-order valence-corrected chi connectivity index (χ3v) is 6.66. The first kappa shape index (κ1) is 15.0. The van der Waals surface area contributed by atoms with Crippen molar-refractivity contribution in [2.75, 3.05) is 5.73 Å². The molecule has 0 radical (unpaired) electrons.